The molecule has 2 aliphatic rings. The topological polar surface area (TPSA) is 99.2 Å². The summed E-state index contributed by atoms with van der Waals surface area (Å²) in [6.07, 6.45) is 5.65. The number of fused-ring (bicyclic) bond motifs is 3. The van der Waals surface area contributed by atoms with Crippen molar-refractivity contribution in [3.8, 4) is 11.3 Å². The third-order valence-electron chi connectivity index (χ3n) is 8.45. The SMILES string of the molecule is Cc1ccc(S(=O)(=O)n2c(-c3cnn(C)c3)cc3c([C@@H]4C[C@@]45C(=O)N(C)c4ccccc45)cn(C)c(=O)c32)cc1. The average Bonchev–Trinajstić information content (AvgIpc) is 3.19. The quantitative estimate of drug-likeness (QED) is 0.338. The minimum atomic E-state index is -4.17. The fourth-order valence-corrected chi connectivity index (χ4v) is 7.88. The second-order valence-electron chi connectivity index (χ2n) is 10.9. The molecule has 1 aliphatic carbocycles. The lowest BCUT2D eigenvalue weighted by molar-refractivity contribution is -0.120. The van der Waals surface area contributed by atoms with Gasteiger partial charge in [-0.3, -0.25) is 14.3 Å². The minimum absolute atomic E-state index is 0.0138. The molecule has 40 heavy (non-hydrogen) atoms. The van der Waals surface area contributed by atoms with Crippen molar-refractivity contribution < 1.29 is 13.2 Å². The average molecular weight is 554 g/mol. The summed E-state index contributed by atoms with van der Waals surface area (Å²) < 4.78 is 32.6. The number of pyridine rings is 1. The van der Waals surface area contributed by atoms with E-state index in [1.54, 1.807) is 79.6 Å². The van der Waals surface area contributed by atoms with Gasteiger partial charge in [0.15, 0.2) is 0 Å². The van der Waals surface area contributed by atoms with Gasteiger partial charge in [-0.1, -0.05) is 35.9 Å². The minimum Gasteiger partial charge on any atom is -0.316 e. The maximum absolute atomic E-state index is 14.2. The van der Waals surface area contributed by atoms with Gasteiger partial charge in [-0.15, -0.1) is 0 Å². The summed E-state index contributed by atoms with van der Waals surface area (Å²) in [6.45, 7) is 1.88. The number of rotatable bonds is 4. The van der Waals surface area contributed by atoms with Gasteiger partial charge in [-0.25, -0.2) is 12.4 Å². The monoisotopic (exact) mass is 553 g/mol. The molecule has 0 radical (unpaired) electrons. The molecule has 1 fully saturated rings. The van der Waals surface area contributed by atoms with Crippen LogP contribution >= 0.6 is 0 Å². The van der Waals surface area contributed by atoms with Crippen molar-refractivity contribution in [2.24, 2.45) is 14.1 Å². The van der Waals surface area contributed by atoms with Crippen LogP contribution in [0.3, 0.4) is 0 Å². The smallest absolute Gasteiger partial charge is 0.275 e. The third-order valence-corrected chi connectivity index (χ3v) is 10.2. The van der Waals surface area contributed by atoms with Gasteiger partial charge in [0.25, 0.3) is 15.6 Å². The normalized spacial score (nSPS) is 20.1. The van der Waals surface area contributed by atoms with Crippen molar-refractivity contribution in [1.82, 2.24) is 18.3 Å². The van der Waals surface area contributed by atoms with Gasteiger partial charge in [0.1, 0.15) is 5.52 Å². The van der Waals surface area contributed by atoms with Gasteiger partial charge < -0.3 is 9.47 Å². The van der Waals surface area contributed by atoms with Crippen LogP contribution in [0.25, 0.3) is 22.2 Å². The predicted octanol–water partition coefficient (Wildman–Crippen LogP) is 3.69. The molecule has 2 aromatic carbocycles. The maximum atomic E-state index is 14.2. The van der Waals surface area contributed by atoms with Crippen molar-refractivity contribution in [3.05, 3.63) is 100 Å². The van der Waals surface area contributed by atoms with E-state index in [2.05, 4.69) is 5.10 Å². The number of hydrogen-bond acceptors (Lipinski definition) is 5. The van der Waals surface area contributed by atoms with E-state index >= 15 is 0 Å². The highest BCUT2D eigenvalue weighted by atomic mass is 32.2. The third kappa shape index (κ3) is 3.13. The van der Waals surface area contributed by atoms with Gasteiger partial charge in [0.2, 0.25) is 5.91 Å². The lowest BCUT2D eigenvalue weighted by Gasteiger charge is -2.14. The Morgan fingerprint density at radius 2 is 1.70 bits per heavy atom. The largest absolute Gasteiger partial charge is 0.316 e. The Morgan fingerprint density at radius 3 is 2.40 bits per heavy atom. The summed E-state index contributed by atoms with van der Waals surface area (Å²) >= 11 is 0. The molecule has 0 bridgehead atoms. The molecule has 0 saturated heterocycles. The number of carbonyl (C=O) groups excluding carboxylic acids is 1. The van der Waals surface area contributed by atoms with E-state index in [0.717, 1.165) is 26.4 Å². The number of likely N-dealkylation sites (N-methyl/N-ethyl adjacent to an activating group) is 1. The first kappa shape index (κ1) is 24.6. The summed E-state index contributed by atoms with van der Waals surface area (Å²) in [4.78, 5) is 29.1. The van der Waals surface area contributed by atoms with Crippen molar-refractivity contribution in [1.29, 1.82) is 0 Å². The lowest BCUT2D eigenvalue weighted by atomic mass is 9.91. The number of amides is 1. The Labute approximate surface area is 230 Å². The zero-order chi connectivity index (χ0) is 28.1. The number of para-hydroxylation sites is 1. The highest BCUT2D eigenvalue weighted by molar-refractivity contribution is 7.90. The van der Waals surface area contributed by atoms with E-state index in [0.29, 0.717) is 23.1 Å². The Balaban J connectivity index is 1.52. The lowest BCUT2D eigenvalue weighted by Crippen LogP contribution is -2.29. The summed E-state index contributed by atoms with van der Waals surface area (Å²) in [5.41, 5.74) is 3.35. The second kappa shape index (κ2) is 8.04. The highest BCUT2D eigenvalue weighted by Gasteiger charge is 2.67. The fraction of sp³-hybridized carbons (Fsp3) is 0.233. The molecule has 1 saturated carbocycles. The number of aryl methyl sites for hydroxylation is 3. The molecule has 10 heteroatoms. The molecule has 9 nitrogen and oxygen atoms in total. The fourth-order valence-electron chi connectivity index (χ4n) is 6.36. The zero-order valence-corrected chi connectivity index (χ0v) is 23.3. The molecule has 1 aliphatic heterocycles. The molecule has 0 unspecified atom stereocenters. The van der Waals surface area contributed by atoms with Crippen LogP contribution in [0.4, 0.5) is 5.69 Å². The number of carbonyl (C=O) groups is 1. The van der Waals surface area contributed by atoms with Gasteiger partial charge in [-0.2, -0.15) is 5.10 Å². The van der Waals surface area contributed by atoms with Crippen LogP contribution in [0.15, 0.2) is 82.9 Å². The summed E-state index contributed by atoms with van der Waals surface area (Å²) in [6, 6.07) is 16.1. The van der Waals surface area contributed by atoms with Crippen LogP contribution in [-0.4, -0.2) is 39.7 Å². The summed E-state index contributed by atoms with van der Waals surface area (Å²) in [5.74, 6) is -0.194. The van der Waals surface area contributed by atoms with E-state index in [9.17, 15) is 18.0 Å². The van der Waals surface area contributed by atoms with Gasteiger partial charge >= 0.3 is 0 Å². The molecule has 202 valence electrons. The number of anilines is 1. The number of benzene rings is 2. The molecular formula is C30H27N5O4S. The van der Waals surface area contributed by atoms with Crippen LogP contribution in [0.2, 0.25) is 0 Å². The van der Waals surface area contributed by atoms with Crippen molar-refractivity contribution in [2.45, 2.75) is 29.6 Å². The molecule has 0 N–H and O–H groups in total. The molecule has 7 rings (SSSR count). The summed E-state index contributed by atoms with van der Waals surface area (Å²) in [5, 5.41) is 4.78. The van der Waals surface area contributed by atoms with E-state index in [4.69, 9.17) is 0 Å². The van der Waals surface area contributed by atoms with Crippen LogP contribution in [0, 0.1) is 6.92 Å². The number of aromatic nitrogens is 4. The van der Waals surface area contributed by atoms with Crippen molar-refractivity contribution >= 4 is 32.5 Å². The van der Waals surface area contributed by atoms with Crippen LogP contribution < -0.4 is 10.5 Å². The van der Waals surface area contributed by atoms with Crippen molar-refractivity contribution in [3.63, 3.8) is 0 Å². The standard InChI is InChI=1S/C30H27N5O4S/c1-18-9-11-20(12-10-18)40(38,39)35-26(19-15-31-33(3)16-19)13-21-22(17-32(2)28(36)27(21)35)24-14-30(24)23-7-5-6-8-25(23)34(4)29(30)37/h5-13,15-17,24H,14H2,1-4H3/t24-,30-/m0/s1. The molecular weight excluding hydrogens is 526 g/mol. The van der Waals surface area contributed by atoms with E-state index in [1.165, 1.54) is 4.57 Å². The van der Waals surface area contributed by atoms with Gasteiger partial charge in [-0.05, 0) is 48.7 Å². The molecule has 1 amide bonds. The van der Waals surface area contributed by atoms with E-state index < -0.39 is 21.0 Å². The first-order valence-electron chi connectivity index (χ1n) is 13.0. The maximum Gasteiger partial charge on any atom is 0.275 e. The highest BCUT2D eigenvalue weighted by Crippen LogP contribution is 2.66. The predicted molar refractivity (Wildman–Crippen MR) is 152 cm³/mol. The molecule has 2 atom stereocenters. The Kier molecular flexibility index (Phi) is 4.95. The second-order valence-corrected chi connectivity index (χ2v) is 12.7. The van der Waals surface area contributed by atoms with Crippen LogP contribution in [-0.2, 0) is 34.3 Å². The first-order valence-corrected chi connectivity index (χ1v) is 14.4. The molecule has 5 aromatic rings. The Bertz CT molecular complexity index is 2050. The van der Waals surface area contributed by atoms with E-state index in [-0.39, 0.29) is 22.2 Å². The molecule has 1 spiro atoms. The number of hydrogen-bond donors (Lipinski definition) is 0. The zero-order valence-electron chi connectivity index (χ0n) is 22.5. The van der Waals surface area contributed by atoms with Gasteiger partial charge in [0, 0.05) is 56.1 Å². The van der Waals surface area contributed by atoms with Crippen molar-refractivity contribution in [2.75, 3.05) is 11.9 Å². The van der Waals surface area contributed by atoms with E-state index in [1.807, 2.05) is 31.2 Å². The Hall–Kier alpha value is -4.44. The molecule has 3 aromatic heterocycles. The van der Waals surface area contributed by atoms with Gasteiger partial charge in [0.05, 0.1) is 22.2 Å². The van der Waals surface area contributed by atoms with Crippen LogP contribution in [0.5, 0.6) is 0 Å². The molecule has 4 heterocycles. The summed E-state index contributed by atoms with van der Waals surface area (Å²) in [7, 11) is 0.985. The first-order chi connectivity index (χ1) is 19.1. The van der Waals surface area contributed by atoms with Crippen LogP contribution in [0.1, 0.15) is 29.0 Å². The Morgan fingerprint density at radius 1 is 0.975 bits per heavy atom. The number of nitrogens with zero attached hydrogens (tertiary/aromatic N) is 5.